The summed E-state index contributed by atoms with van der Waals surface area (Å²) in [6.07, 6.45) is 3.18. The highest BCUT2D eigenvalue weighted by molar-refractivity contribution is 5.21. The Morgan fingerprint density at radius 3 is 3.30 bits per heavy atom. The number of nitrogens with zero attached hydrogens (tertiary/aromatic N) is 2. The molecule has 1 N–H and O–H groups in total. The lowest BCUT2D eigenvalue weighted by molar-refractivity contribution is 0.948. The molecular formula is C7H9N3. The average molecular weight is 135 g/mol. The minimum absolute atomic E-state index is 0.910. The summed E-state index contributed by atoms with van der Waals surface area (Å²) in [5.41, 5.74) is 1.01. The molecule has 0 unspecified atom stereocenters. The van der Waals surface area contributed by atoms with Crippen molar-refractivity contribution in [2.75, 3.05) is 6.54 Å². The summed E-state index contributed by atoms with van der Waals surface area (Å²) >= 11 is 0. The monoisotopic (exact) mass is 135 g/mol. The summed E-state index contributed by atoms with van der Waals surface area (Å²) in [6.45, 7) is 2.88. The van der Waals surface area contributed by atoms with Gasteiger partial charge in [0.25, 0.3) is 0 Å². The van der Waals surface area contributed by atoms with E-state index < -0.39 is 0 Å². The Hall–Kier alpha value is -1.12. The van der Waals surface area contributed by atoms with E-state index >= 15 is 0 Å². The van der Waals surface area contributed by atoms with Crippen LogP contribution in [0.2, 0.25) is 0 Å². The van der Waals surface area contributed by atoms with Gasteiger partial charge < -0.3 is 0 Å². The van der Waals surface area contributed by atoms with Gasteiger partial charge in [-0.2, -0.15) is 5.10 Å². The predicted octanol–water partition coefficient (Wildman–Crippen LogP) is -0.478. The Morgan fingerprint density at radius 2 is 2.50 bits per heavy atom. The summed E-state index contributed by atoms with van der Waals surface area (Å²) in [7, 11) is 0. The summed E-state index contributed by atoms with van der Waals surface area (Å²) in [5, 5.41) is 9.11. The number of aromatic nitrogens is 2. The van der Waals surface area contributed by atoms with Gasteiger partial charge in [-0.05, 0) is 13.3 Å². The molecule has 0 bridgehead atoms. The number of nitrogens with one attached hydrogen (secondary N) is 1. The second kappa shape index (κ2) is 1.94. The van der Waals surface area contributed by atoms with Gasteiger partial charge in [-0.3, -0.25) is 10.1 Å². The maximum absolute atomic E-state index is 4.33. The number of rotatable bonds is 0. The van der Waals surface area contributed by atoms with Crippen LogP contribution in [0.4, 0.5) is 0 Å². The summed E-state index contributed by atoms with van der Waals surface area (Å²) in [4.78, 5) is 4.33. The summed E-state index contributed by atoms with van der Waals surface area (Å²) in [6, 6.07) is 0. The van der Waals surface area contributed by atoms with Gasteiger partial charge in [0.1, 0.15) is 5.36 Å². The van der Waals surface area contributed by atoms with Crippen LogP contribution in [0.1, 0.15) is 12.1 Å². The van der Waals surface area contributed by atoms with Crippen LogP contribution in [-0.4, -0.2) is 16.7 Å². The number of hydrogen-bond donors (Lipinski definition) is 1. The molecule has 1 aromatic heterocycles. The molecule has 0 saturated carbocycles. The first-order valence-corrected chi connectivity index (χ1v) is 3.43. The van der Waals surface area contributed by atoms with Crippen LogP contribution in [0, 0.1) is 6.92 Å². The molecular weight excluding hydrogens is 126 g/mol. The lowest BCUT2D eigenvalue weighted by Gasteiger charge is -1.91. The maximum Gasteiger partial charge on any atom is 0.105 e. The molecule has 10 heavy (non-hydrogen) atoms. The van der Waals surface area contributed by atoms with E-state index in [0.717, 1.165) is 29.4 Å². The first-order valence-electron chi connectivity index (χ1n) is 3.43. The van der Waals surface area contributed by atoms with Gasteiger partial charge in [0.05, 0.1) is 11.0 Å². The molecule has 1 aromatic rings. The van der Waals surface area contributed by atoms with Crippen LogP contribution in [0.15, 0.2) is 4.99 Å². The number of aryl methyl sites for hydroxylation is 1. The second-order valence-electron chi connectivity index (χ2n) is 2.45. The van der Waals surface area contributed by atoms with E-state index in [1.165, 1.54) is 0 Å². The molecule has 0 radical (unpaired) electrons. The quantitative estimate of drug-likeness (QED) is 0.513. The molecule has 52 valence electrons. The van der Waals surface area contributed by atoms with Gasteiger partial charge in [0.15, 0.2) is 0 Å². The summed E-state index contributed by atoms with van der Waals surface area (Å²) < 4.78 is 0. The van der Waals surface area contributed by atoms with Crippen molar-refractivity contribution < 1.29 is 0 Å². The van der Waals surface area contributed by atoms with Crippen molar-refractivity contribution in [1.29, 1.82) is 0 Å². The second-order valence-corrected chi connectivity index (χ2v) is 2.45. The highest BCUT2D eigenvalue weighted by Gasteiger charge is 1.98. The molecule has 2 rings (SSSR count). The van der Waals surface area contributed by atoms with E-state index in [-0.39, 0.29) is 0 Å². The SMILES string of the molecule is Cc1n[nH]c2c1=NCCC=2. The minimum atomic E-state index is 0.910. The van der Waals surface area contributed by atoms with E-state index in [4.69, 9.17) is 0 Å². The molecule has 0 amide bonds. The standard InChI is InChI=1S/C7H9N3/c1-5-7-6(10-9-5)3-2-4-8-7/h3,10H,2,4H2,1H3. The van der Waals surface area contributed by atoms with Crippen molar-refractivity contribution >= 4 is 6.08 Å². The number of H-pyrrole nitrogens is 1. The third-order valence-corrected chi connectivity index (χ3v) is 1.69. The van der Waals surface area contributed by atoms with Gasteiger partial charge in [0.2, 0.25) is 0 Å². The third kappa shape index (κ3) is 0.667. The van der Waals surface area contributed by atoms with E-state index in [1.807, 2.05) is 6.92 Å². The third-order valence-electron chi connectivity index (χ3n) is 1.69. The highest BCUT2D eigenvalue weighted by atomic mass is 15.1. The Bertz CT molecular complexity index is 347. The lowest BCUT2D eigenvalue weighted by Crippen LogP contribution is -2.27. The predicted molar refractivity (Wildman–Crippen MR) is 38.1 cm³/mol. The van der Waals surface area contributed by atoms with Gasteiger partial charge in [-0.25, -0.2) is 0 Å². The van der Waals surface area contributed by atoms with Crippen molar-refractivity contribution in [2.45, 2.75) is 13.3 Å². The van der Waals surface area contributed by atoms with E-state index in [0.29, 0.717) is 0 Å². The number of hydrogen-bond acceptors (Lipinski definition) is 2. The fourth-order valence-corrected chi connectivity index (χ4v) is 1.17. The zero-order chi connectivity index (χ0) is 6.97. The lowest BCUT2D eigenvalue weighted by atomic mass is 10.3. The van der Waals surface area contributed by atoms with Gasteiger partial charge in [-0.15, -0.1) is 0 Å². The molecule has 1 aliphatic heterocycles. The number of aromatic amines is 1. The molecule has 3 nitrogen and oxygen atoms in total. The topological polar surface area (TPSA) is 41.0 Å². The first-order chi connectivity index (χ1) is 4.88. The zero-order valence-corrected chi connectivity index (χ0v) is 5.89. The minimum Gasteiger partial charge on any atom is -0.281 e. The van der Waals surface area contributed by atoms with Crippen molar-refractivity contribution in [3.05, 3.63) is 16.4 Å². The van der Waals surface area contributed by atoms with Gasteiger partial charge in [0, 0.05) is 6.54 Å². The molecule has 0 fully saturated rings. The number of fused-ring (bicyclic) bond motifs is 1. The molecule has 0 atom stereocenters. The van der Waals surface area contributed by atoms with E-state index in [9.17, 15) is 0 Å². The van der Waals surface area contributed by atoms with Gasteiger partial charge >= 0.3 is 0 Å². The molecule has 0 aromatic carbocycles. The van der Waals surface area contributed by atoms with Crippen molar-refractivity contribution in [2.24, 2.45) is 4.99 Å². The molecule has 2 heterocycles. The van der Waals surface area contributed by atoms with Crippen LogP contribution in [0.25, 0.3) is 6.08 Å². The van der Waals surface area contributed by atoms with Gasteiger partial charge in [-0.1, -0.05) is 6.08 Å². The zero-order valence-electron chi connectivity index (χ0n) is 5.89. The largest absolute Gasteiger partial charge is 0.281 e. The smallest absolute Gasteiger partial charge is 0.105 e. The fraction of sp³-hybridized carbons (Fsp3) is 0.429. The van der Waals surface area contributed by atoms with Crippen LogP contribution >= 0.6 is 0 Å². The Morgan fingerprint density at radius 1 is 1.60 bits per heavy atom. The Balaban J connectivity index is 2.89. The first kappa shape index (κ1) is 5.65. The Labute approximate surface area is 58.5 Å². The maximum atomic E-state index is 4.33. The fourth-order valence-electron chi connectivity index (χ4n) is 1.17. The molecule has 0 spiro atoms. The van der Waals surface area contributed by atoms with Crippen LogP contribution in [-0.2, 0) is 0 Å². The highest BCUT2D eigenvalue weighted by Crippen LogP contribution is 1.85. The molecule has 3 heteroatoms. The average Bonchev–Trinajstić information content (AvgIpc) is 2.34. The van der Waals surface area contributed by atoms with E-state index in [1.54, 1.807) is 0 Å². The molecule has 1 aliphatic rings. The van der Waals surface area contributed by atoms with E-state index in [2.05, 4.69) is 21.3 Å². The van der Waals surface area contributed by atoms with Crippen molar-refractivity contribution in [1.82, 2.24) is 10.2 Å². The van der Waals surface area contributed by atoms with Crippen LogP contribution in [0.5, 0.6) is 0 Å². The van der Waals surface area contributed by atoms with Crippen molar-refractivity contribution in [3.8, 4) is 0 Å². The normalized spacial score (nSPS) is 15.3. The van der Waals surface area contributed by atoms with Crippen LogP contribution < -0.4 is 10.7 Å². The van der Waals surface area contributed by atoms with Crippen LogP contribution in [0.3, 0.4) is 0 Å². The Kier molecular flexibility index (Phi) is 1.09. The molecule has 0 saturated heterocycles. The van der Waals surface area contributed by atoms with Crippen molar-refractivity contribution in [3.63, 3.8) is 0 Å². The molecule has 0 aliphatic carbocycles. The summed E-state index contributed by atoms with van der Waals surface area (Å²) in [5.74, 6) is 0.